The Morgan fingerprint density at radius 1 is 1.23 bits per heavy atom. The van der Waals surface area contributed by atoms with Crippen LogP contribution < -0.4 is 0 Å². The number of Topliss-reactive ketones (excluding diaryl/α,β-unsaturated/α-hetero) is 1. The number of hydrogen-bond acceptors (Lipinski definition) is 3. The summed E-state index contributed by atoms with van der Waals surface area (Å²) in [5.41, 5.74) is 0. The minimum atomic E-state index is -0.235. The van der Waals surface area contributed by atoms with Gasteiger partial charge in [0.15, 0.2) is 0 Å². The Morgan fingerprint density at radius 2 is 1.92 bits per heavy atom. The minimum Gasteiger partial charge on any atom is -0.466 e. The van der Waals surface area contributed by atoms with Crippen molar-refractivity contribution in [3.05, 3.63) is 0 Å². The summed E-state index contributed by atoms with van der Waals surface area (Å²) in [4.78, 5) is 21.8. The molecule has 3 nitrogen and oxygen atoms in total. The monoisotopic (exact) mass is 206 g/mol. The van der Waals surface area contributed by atoms with Gasteiger partial charge in [0.05, 0.1) is 6.61 Å². The maximum absolute atomic E-state index is 10.9. The molecule has 0 atom stereocenters. The molecule has 0 spiro atoms. The van der Waals surface area contributed by atoms with Crippen LogP contribution in [0.5, 0.6) is 0 Å². The van der Waals surface area contributed by atoms with E-state index in [0.29, 0.717) is 38.2 Å². The molecule has 0 aromatic rings. The quantitative estimate of drug-likeness (QED) is 0.472. The van der Waals surface area contributed by atoms with Crippen molar-refractivity contribution in [2.75, 3.05) is 12.5 Å². The Morgan fingerprint density at radius 3 is 2.46 bits per heavy atom. The van der Waals surface area contributed by atoms with Crippen LogP contribution in [0.1, 0.15) is 32.6 Å². The highest BCUT2D eigenvalue weighted by Gasteiger charge is 2.04. The Labute approximate surface area is 83.4 Å². The molecule has 13 heavy (non-hydrogen) atoms. The summed E-state index contributed by atoms with van der Waals surface area (Å²) in [7, 11) is 0. The molecule has 0 amide bonds. The highest BCUT2D eigenvalue weighted by Crippen LogP contribution is 2.01. The first kappa shape index (κ1) is 12.4. The number of hydrogen-bond donors (Lipinski definition) is 0. The number of carbonyl (C=O) groups excluding carboxylic acids is 2. The lowest BCUT2D eigenvalue weighted by atomic mass is 10.1. The zero-order valence-corrected chi connectivity index (χ0v) is 8.60. The zero-order valence-electron chi connectivity index (χ0n) is 7.85. The van der Waals surface area contributed by atoms with E-state index in [-0.39, 0.29) is 11.8 Å². The Kier molecular flexibility index (Phi) is 7.69. The predicted octanol–water partition coefficient (Wildman–Crippen LogP) is 1.92. The van der Waals surface area contributed by atoms with Gasteiger partial charge in [0.2, 0.25) is 0 Å². The lowest BCUT2D eigenvalue weighted by Crippen LogP contribution is -2.05. The first-order chi connectivity index (χ1) is 6.20. The molecule has 0 fully saturated rings. The highest BCUT2D eigenvalue weighted by molar-refractivity contribution is 6.19. The maximum atomic E-state index is 10.9. The number of esters is 1. The van der Waals surface area contributed by atoms with Gasteiger partial charge in [0.25, 0.3) is 0 Å². The molecule has 0 aliphatic carbocycles. The molecule has 76 valence electrons. The molecule has 0 bridgehead atoms. The summed E-state index contributed by atoms with van der Waals surface area (Å²) >= 11 is 5.38. The smallest absolute Gasteiger partial charge is 0.305 e. The molecule has 0 heterocycles. The van der Waals surface area contributed by atoms with Crippen molar-refractivity contribution >= 4 is 23.4 Å². The molecule has 0 saturated heterocycles. The summed E-state index contributed by atoms with van der Waals surface area (Å²) in [6, 6.07) is 0. The summed E-state index contributed by atoms with van der Waals surface area (Å²) in [6.45, 7) is 2.16. The van der Waals surface area contributed by atoms with Crippen LogP contribution in [0, 0.1) is 0 Å². The van der Waals surface area contributed by atoms with Gasteiger partial charge in [-0.1, -0.05) is 0 Å². The number of ketones is 1. The molecule has 0 aromatic carbocycles. The van der Waals surface area contributed by atoms with Crippen molar-refractivity contribution in [1.29, 1.82) is 0 Å². The van der Waals surface area contributed by atoms with E-state index in [4.69, 9.17) is 16.3 Å². The molecule has 0 radical (unpaired) electrons. The molecular weight excluding hydrogens is 192 g/mol. The molecule has 0 aromatic heterocycles. The van der Waals surface area contributed by atoms with Crippen LogP contribution >= 0.6 is 11.6 Å². The summed E-state index contributed by atoms with van der Waals surface area (Å²) < 4.78 is 4.71. The second-order valence-electron chi connectivity index (χ2n) is 2.64. The molecule has 0 N–H and O–H groups in total. The predicted molar refractivity (Wildman–Crippen MR) is 50.8 cm³/mol. The van der Waals surface area contributed by atoms with Crippen LogP contribution in [0.4, 0.5) is 0 Å². The third-order valence-corrected chi connectivity index (χ3v) is 1.70. The Balaban J connectivity index is 3.33. The number of alkyl halides is 1. The molecule has 0 aliphatic rings. The fourth-order valence-corrected chi connectivity index (χ4v) is 1.10. The van der Waals surface area contributed by atoms with Crippen LogP contribution in [-0.2, 0) is 14.3 Å². The lowest BCUT2D eigenvalue weighted by molar-refractivity contribution is -0.143. The van der Waals surface area contributed by atoms with Gasteiger partial charge in [0, 0.05) is 25.1 Å². The van der Waals surface area contributed by atoms with E-state index >= 15 is 0 Å². The van der Waals surface area contributed by atoms with Crippen molar-refractivity contribution in [2.45, 2.75) is 32.6 Å². The fourth-order valence-electron chi connectivity index (χ4n) is 0.893. The molecule has 0 rings (SSSR count). The summed E-state index contributed by atoms with van der Waals surface area (Å²) in [6.07, 6.45) is 1.70. The third-order valence-electron chi connectivity index (χ3n) is 1.52. The first-order valence-electron chi connectivity index (χ1n) is 4.44. The molecule has 4 heteroatoms. The van der Waals surface area contributed by atoms with Crippen LogP contribution in [0.2, 0.25) is 0 Å². The standard InChI is InChI=1S/C9H15ClO3/c1-2-13-9(12)5-3-4-8(11)6-7-10/h2-7H2,1H3. The first-order valence-corrected chi connectivity index (χ1v) is 4.97. The Bertz CT molecular complexity index is 150. The van der Waals surface area contributed by atoms with Gasteiger partial charge in [-0.2, -0.15) is 0 Å². The summed E-state index contributed by atoms with van der Waals surface area (Å²) in [5, 5.41) is 0. The van der Waals surface area contributed by atoms with E-state index in [0.717, 1.165) is 0 Å². The van der Waals surface area contributed by atoms with Crippen LogP contribution in [0.15, 0.2) is 0 Å². The van der Waals surface area contributed by atoms with E-state index in [1.165, 1.54) is 0 Å². The van der Waals surface area contributed by atoms with E-state index in [1.807, 2.05) is 0 Å². The topological polar surface area (TPSA) is 43.4 Å². The van der Waals surface area contributed by atoms with Crippen molar-refractivity contribution in [3.63, 3.8) is 0 Å². The van der Waals surface area contributed by atoms with Gasteiger partial charge in [0.1, 0.15) is 5.78 Å². The maximum Gasteiger partial charge on any atom is 0.305 e. The average molecular weight is 207 g/mol. The van der Waals surface area contributed by atoms with E-state index in [9.17, 15) is 9.59 Å². The lowest BCUT2D eigenvalue weighted by Gasteiger charge is -2.00. The molecule has 0 unspecified atom stereocenters. The zero-order chi connectivity index (χ0) is 10.1. The fraction of sp³-hybridized carbons (Fsp3) is 0.778. The SMILES string of the molecule is CCOC(=O)CCCC(=O)CCCl. The van der Waals surface area contributed by atoms with Gasteiger partial charge < -0.3 is 4.74 Å². The van der Waals surface area contributed by atoms with E-state index < -0.39 is 0 Å². The van der Waals surface area contributed by atoms with Gasteiger partial charge in [-0.15, -0.1) is 11.6 Å². The number of rotatable bonds is 7. The normalized spacial score (nSPS) is 9.69. The largest absolute Gasteiger partial charge is 0.466 e. The van der Waals surface area contributed by atoms with Gasteiger partial charge >= 0.3 is 5.97 Å². The Hall–Kier alpha value is -0.570. The number of carbonyl (C=O) groups is 2. The van der Waals surface area contributed by atoms with Crippen LogP contribution in [0.3, 0.4) is 0 Å². The average Bonchev–Trinajstić information content (AvgIpc) is 2.05. The van der Waals surface area contributed by atoms with Crippen molar-refractivity contribution in [1.82, 2.24) is 0 Å². The van der Waals surface area contributed by atoms with Crippen molar-refractivity contribution < 1.29 is 14.3 Å². The molecular formula is C9H15ClO3. The van der Waals surface area contributed by atoms with E-state index in [2.05, 4.69) is 0 Å². The third kappa shape index (κ3) is 7.78. The number of ether oxygens (including phenoxy) is 1. The molecule has 0 saturated carbocycles. The second-order valence-corrected chi connectivity index (χ2v) is 3.01. The van der Waals surface area contributed by atoms with E-state index in [1.54, 1.807) is 6.92 Å². The van der Waals surface area contributed by atoms with Gasteiger partial charge in [-0.05, 0) is 13.3 Å². The van der Waals surface area contributed by atoms with Gasteiger partial charge in [-0.3, -0.25) is 9.59 Å². The molecule has 0 aliphatic heterocycles. The summed E-state index contributed by atoms with van der Waals surface area (Å²) in [5.74, 6) is 0.235. The van der Waals surface area contributed by atoms with Crippen molar-refractivity contribution in [3.8, 4) is 0 Å². The minimum absolute atomic E-state index is 0.110. The second kappa shape index (κ2) is 8.05. The van der Waals surface area contributed by atoms with Crippen molar-refractivity contribution in [2.24, 2.45) is 0 Å². The number of halogens is 1. The van der Waals surface area contributed by atoms with Gasteiger partial charge in [-0.25, -0.2) is 0 Å². The van der Waals surface area contributed by atoms with Crippen LogP contribution in [0.25, 0.3) is 0 Å². The van der Waals surface area contributed by atoms with Crippen LogP contribution in [-0.4, -0.2) is 24.2 Å². The highest BCUT2D eigenvalue weighted by atomic mass is 35.5.